The van der Waals surface area contributed by atoms with Crippen LogP contribution < -0.4 is 4.72 Å². The number of carboxylic acids is 1. The van der Waals surface area contributed by atoms with Gasteiger partial charge in [0.25, 0.3) is 0 Å². The van der Waals surface area contributed by atoms with Gasteiger partial charge in [0, 0.05) is 0 Å². The van der Waals surface area contributed by atoms with E-state index in [9.17, 15) is 18.3 Å². The molecule has 0 aromatic carbocycles. The number of aliphatic carboxylic acids is 1. The number of aryl methyl sites for hydroxylation is 2. The lowest BCUT2D eigenvalue weighted by Crippen LogP contribution is -2.55. The van der Waals surface area contributed by atoms with Gasteiger partial charge >= 0.3 is 5.97 Å². The predicted molar refractivity (Wildman–Crippen MR) is 69.8 cm³/mol. The molecule has 0 bridgehead atoms. The quantitative estimate of drug-likeness (QED) is 0.869. The van der Waals surface area contributed by atoms with Crippen LogP contribution in [0.3, 0.4) is 0 Å². The van der Waals surface area contributed by atoms with Crippen LogP contribution in [-0.4, -0.2) is 30.2 Å². The van der Waals surface area contributed by atoms with Crippen LogP contribution in [0.15, 0.2) is 9.42 Å². The predicted octanol–water partition coefficient (Wildman–Crippen LogP) is 1.36. The van der Waals surface area contributed by atoms with Crippen LogP contribution in [0.1, 0.15) is 43.6 Å². The Hall–Kier alpha value is -1.41. The van der Waals surface area contributed by atoms with Crippen molar-refractivity contribution in [1.82, 2.24) is 9.88 Å². The first-order valence-corrected chi connectivity index (χ1v) is 7.97. The highest BCUT2D eigenvalue weighted by molar-refractivity contribution is 7.89. The summed E-state index contributed by atoms with van der Waals surface area (Å²) < 4.78 is 32.1. The van der Waals surface area contributed by atoms with Crippen LogP contribution in [0.4, 0.5) is 0 Å². The van der Waals surface area contributed by atoms with Crippen LogP contribution in [0.2, 0.25) is 0 Å². The van der Waals surface area contributed by atoms with Crippen molar-refractivity contribution in [3.05, 3.63) is 11.5 Å². The Labute approximate surface area is 117 Å². The second-order valence-electron chi connectivity index (χ2n) is 5.21. The number of carbonyl (C=O) groups is 1. The molecule has 0 amide bonds. The van der Waals surface area contributed by atoms with Gasteiger partial charge in [-0.25, -0.2) is 8.42 Å². The van der Waals surface area contributed by atoms with Gasteiger partial charge in [-0.3, -0.25) is 4.79 Å². The number of aromatic nitrogens is 1. The summed E-state index contributed by atoms with van der Waals surface area (Å²) in [7, 11) is -3.97. The Morgan fingerprint density at radius 1 is 1.30 bits per heavy atom. The van der Waals surface area contributed by atoms with Gasteiger partial charge in [-0.1, -0.05) is 24.4 Å². The van der Waals surface area contributed by atoms with E-state index in [1.807, 2.05) is 0 Å². The van der Waals surface area contributed by atoms with Crippen molar-refractivity contribution in [1.29, 1.82) is 0 Å². The normalized spacial score (nSPS) is 18.9. The first-order chi connectivity index (χ1) is 9.28. The third-order valence-corrected chi connectivity index (χ3v) is 5.46. The van der Waals surface area contributed by atoms with E-state index in [0.717, 1.165) is 6.42 Å². The fraction of sp³-hybridized carbons (Fsp3) is 0.667. The molecule has 0 aliphatic heterocycles. The van der Waals surface area contributed by atoms with E-state index >= 15 is 0 Å². The Balaban J connectivity index is 2.38. The maximum absolute atomic E-state index is 12.4. The van der Waals surface area contributed by atoms with Crippen molar-refractivity contribution in [3.8, 4) is 0 Å². The first-order valence-electron chi connectivity index (χ1n) is 6.49. The molecular weight excluding hydrogens is 284 g/mol. The van der Waals surface area contributed by atoms with E-state index < -0.39 is 21.5 Å². The number of nitrogens with zero attached hydrogens (tertiary/aromatic N) is 1. The summed E-state index contributed by atoms with van der Waals surface area (Å²) in [6, 6.07) is 0. The molecule has 1 heterocycles. The lowest BCUT2D eigenvalue weighted by molar-refractivity contribution is -0.145. The third kappa shape index (κ3) is 2.57. The van der Waals surface area contributed by atoms with Crippen molar-refractivity contribution >= 4 is 16.0 Å². The molecule has 20 heavy (non-hydrogen) atoms. The zero-order valence-electron chi connectivity index (χ0n) is 11.5. The molecule has 1 fully saturated rings. The molecule has 112 valence electrons. The van der Waals surface area contributed by atoms with Gasteiger partial charge in [0.1, 0.15) is 16.1 Å². The highest BCUT2D eigenvalue weighted by Crippen LogP contribution is 2.31. The Morgan fingerprint density at radius 2 is 1.90 bits per heavy atom. The SMILES string of the molecule is Cc1noc(C)c1S(=O)(=O)NC1(C(=O)O)CCCCC1. The molecule has 0 unspecified atom stereocenters. The van der Waals surface area contributed by atoms with Crippen molar-refractivity contribution < 1.29 is 22.8 Å². The van der Waals surface area contributed by atoms with Crippen LogP contribution >= 0.6 is 0 Å². The van der Waals surface area contributed by atoms with Crippen molar-refractivity contribution in [2.45, 2.75) is 56.4 Å². The number of nitrogens with one attached hydrogen (secondary N) is 1. The molecule has 2 N–H and O–H groups in total. The average Bonchev–Trinajstić information content (AvgIpc) is 2.70. The Kier molecular flexibility index (Phi) is 3.88. The van der Waals surface area contributed by atoms with Gasteiger partial charge in [-0.15, -0.1) is 0 Å². The van der Waals surface area contributed by atoms with Crippen LogP contribution in [0.25, 0.3) is 0 Å². The molecule has 1 aliphatic carbocycles. The number of hydrogen-bond donors (Lipinski definition) is 2. The number of hydrogen-bond acceptors (Lipinski definition) is 5. The number of carboxylic acid groups (broad SMARTS) is 1. The maximum atomic E-state index is 12.4. The largest absolute Gasteiger partial charge is 0.480 e. The molecular formula is C12H18N2O5S. The summed E-state index contributed by atoms with van der Waals surface area (Å²) in [5.74, 6) is -0.973. The second kappa shape index (κ2) is 5.17. The van der Waals surface area contributed by atoms with Crippen molar-refractivity contribution in [2.75, 3.05) is 0 Å². The van der Waals surface area contributed by atoms with Crippen molar-refractivity contribution in [2.24, 2.45) is 0 Å². The summed E-state index contributed by atoms with van der Waals surface area (Å²) in [5.41, 5.74) is -1.20. The molecule has 0 saturated heterocycles. The van der Waals surface area contributed by atoms with E-state index in [4.69, 9.17) is 4.52 Å². The number of rotatable bonds is 4. The molecule has 1 aromatic rings. The van der Waals surface area contributed by atoms with Gasteiger partial charge in [-0.05, 0) is 26.7 Å². The Bertz CT molecular complexity index is 594. The lowest BCUT2D eigenvalue weighted by atomic mass is 9.83. The molecule has 2 rings (SSSR count). The molecule has 8 heteroatoms. The highest BCUT2D eigenvalue weighted by Gasteiger charge is 2.44. The first kappa shape index (κ1) is 15.0. The van der Waals surface area contributed by atoms with E-state index in [-0.39, 0.29) is 16.3 Å². The minimum atomic E-state index is -3.97. The van der Waals surface area contributed by atoms with Gasteiger partial charge in [0.05, 0.1) is 0 Å². The average molecular weight is 302 g/mol. The standard InChI is InChI=1S/C12H18N2O5S/c1-8-10(9(2)19-13-8)20(17,18)14-12(11(15)16)6-4-3-5-7-12/h14H,3-7H2,1-2H3,(H,15,16). The molecule has 1 aromatic heterocycles. The van der Waals surface area contributed by atoms with Crippen LogP contribution in [0.5, 0.6) is 0 Å². The monoisotopic (exact) mass is 302 g/mol. The third-order valence-electron chi connectivity index (χ3n) is 3.68. The van der Waals surface area contributed by atoms with Gasteiger partial charge in [0.15, 0.2) is 5.76 Å². The van der Waals surface area contributed by atoms with Crippen molar-refractivity contribution in [3.63, 3.8) is 0 Å². The second-order valence-corrected chi connectivity index (χ2v) is 6.83. The van der Waals surface area contributed by atoms with E-state index in [2.05, 4.69) is 9.88 Å². The van der Waals surface area contributed by atoms with Gasteiger partial charge < -0.3 is 9.63 Å². The van der Waals surface area contributed by atoms with Gasteiger partial charge in [0.2, 0.25) is 10.0 Å². The minimum absolute atomic E-state index is 0.0660. The molecule has 7 nitrogen and oxygen atoms in total. The van der Waals surface area contributed by atoms with Gasteiger partial charge in [-0.2, -0.15) is 4.72 Å². The summed E-state index contributed by atoms with van der Waals surface area (Å²) >= 11 is 0. The smallest absolute Gasteiger partial charge is 0.324 e. The maximum Gasteiger partial charge on any atom is 0.324 e. The fourth-order valence-corrected chi connectivity index (χ4v) is 4.43. The fourth-order valence-electron chi connectivity index (χ4n) is 2.68. The zero-order valence-corrected chi connectivity index (χ0v) is 12.3. The summed E-state index contributed by atoms with van der Waals surface area (Å²) in [6.07, 6.45) is 2.89. The van der Waals surface area contributed by atoms with E-state index in [0.29, 0.717) is 25.7 Å². The van der Waals surface area contributed by atoms with E-state index in [1.54, 1.807) is 0 Å². The Morgan fingerprint density at radius 3 is 2.35 bits per heavy atom. The summed E-state index contributed by atoms with van der Waals surface area (Å²) in [6.45, 7) is 3.00. The van der Waals surface area contributed by atoms with Crippen LogP contribution in [0, 0.1) is 13.8 Å². The zero-order chi connectivity index (χ0) is 15.0. The topological polar surface area (TPSA) is 110 Å². The summed E-state index contributed by atoms with van der Waals surface area (Å²) in [5, 5.41) is 13.0. The highest BCUT2D eigenvalue weighted by atomic mass is 32.2. The van der Waals surface area contributed by atoms with Crippen LogP contribution in [-0.2, 0) is 14.8 Å². The molecule has 0 atom stereocenters. The minimum Gasteiger partial charge on any atom is -0.480 e. The lowest BCUT2D eigenvalue weighted by Gasteiger charge is -2.33. The summed E-state index contributed by atoms with van der Waals surface area (Å²) in [4.78, 5) is 11.5. The molecule has 1 saturated carbocycles. The molecule has 0 radical (unpaired) electrons. The number of sulfonamides is 1. The van der Waals surface area contributed by atoms with E-state index in [1.165, 1.54) is 13.8 Å². The molecule has 0 spiro atoms. The molecule has 1 aliphatic rings.